The van der Waals surface area contributed by atoms with Crippen molar-refractivity contribution in [2.24, 2.45) is 0 Å². The fourth-order valence-corrected chi connectivity index (χ4v) is 4.35. The van der Waals surface area contributed by atoms with Crippen LogP contribution in [0.5, 0.6) is 11.5 Å². The van der Waals surface area contributed by atoms with E-state index in [1.54, 1.807) is 25.6 Å². The minimum atomic E-state index is 0.757. The van der Waals surface area contributed by atoms with Crippen LogP contribution in [0.3, 0.4) is 0 Å². The summed E-state index contributed by atoms with van der Waals surface area (Å²) in [5, 5.41) is 7.12. The van der Waals surface area contributed by atoms with Crippen LogP contribution in [0.4, 0.5) is 0 Å². The van der Waals surface area contributed by atoms with E-state index in [1.165, 1.54) is 26.8 Å². The van der Waals surface area contributed by atoms with Crippen molar-refractivity contribution >= 4 is 22.1 Å². The van der Waals surface area contributed by atoms with Gasteiger partial charge < -0.3 is 14.8 Å². The highest BCUT2D eigenvalue weighted by Gasteiger charge is 2.08. The van der Waals surface area contributed by atoms with Gasteiger partial charge in [0.15, 0.2) is 11.5 Å². The standard InChI is InChI=1S/C24H24N2O2S/c1-27-21-11-10-17(14-22(21)28-2)12-13-25-16-24-26-15-23(29-24)20-9-5-7-18-6-3-4-8-19(18)20/h3-11,14-15,25H,12-13,16H2,1-2H3. The molecule has 1 aromatic heterocycles. The maximum absolute atomic E-state index is 5.37. The van der Waals surface area contributed by atoms with E-state index >= 15 is 0 Å². The van der Waals surface area contributed by atoms with E-state index in [2.05, 4.69) is 58.8 Å². The molecule has 4 aromatic rings. The Bertz CT molecular complexity index is 1100. The second-order valence-electron chi connectivity index (χ2n) is 6.76. The number of fused-ring (bicyclic) bond motifs is 1. The smallest absolute Gasteiger partial charge is 0.160 e. The van der Waals surface area contributed by atoms with Gasteiger partial charge in [0.05, 0.1) is 19.1 Å². The van der Waals surface area contributed by atoms with E-state index in [1.807, 2.05) is 18.3 Å². The summed E-state index contributed by atoms with van der Waals surface area (Å²) in [7, 11) is 3.31. The first-order valence-corrected chi connectivity index (χ1v) is 10.4. The molecule has 0 aliphatic heterocycles. The summed E-state index contributed by atoms with van der Waals surface area (Å²) in [6, 6.07) is 21.0. The Kier molecular flexibility index (Phi) is 6.08. The molecule has 0 fully saturated rings. The predicted octanol–water partition coefficient (Wildman–Crippen LogP) is 5.31. The Morgan fingerprint density at radius 3 is 2.62 bits per heavy atom. The minimum absolute atomic E-state index is 0.757. The van der Waals surface area contributed by atoms with E-state index in [-0.39, 0.29) is 0 Å². The zero-order chi connectivity index (χ0) is 20.1. The maximum atomic E-state index is 5.37. The number of aromatic nitrogens is 1. The number of hydrogen-bond donors (Lipinski definition) is 1. The van der Waals surface area contributed by atoms with Crippen LogP contribution in [0.15, 0.2) is 66.9 Å². The first-order valence-electron chi connectivity index (χ1n) is 9.63. The Balaban J connectivity index is 1.37. The Hall–Kier alpha value is -2.89. The zero-order valence-corrected chi connectivity index (χ0v) is 17.5. The van der Waals surface area contributed by atoms with Crippen LogP contribution in [-0.2, 0) is 13.0 Å². The third kappa shape index (κ3) is 4.42. The number of hydrogen-bond acceptors (Lipinski definition) is 5. The van der Waals surface area contributed by atoms with Crippen molar-refractivity contribution in [3.05, 3.63) is 77.4 Å². The van der Waals surface area contributed by atoms with Gasteiger partial charge in [-0.25, -0.2) is 4.98 Å². The molecule has 148 valence electrons. The largest absolute Gasteiger partial charge is 0.493 e. The van der Waals surface area contributed by atoms with Crippen LogP contribution in [0.2, 0.25) is 0 Å². The van der Waals surface area contributed by atoms with Gasteiger partial charge in [-0.3, -0.25) is 0 Å². The summed E-state index contributed by atoms with van der Waals surface area (Å²) in [5.74, 6) is 1.53. The Labute approximate surface area is 175 Å². The fourth-order valence-electron chi connectivity index (χ4n) is 3.42. The summed E-state index contributed by atoms with van der Waals surface area (Å²) in [6.45, 7) is 1.64. The topological polar surface area (TPSA) is 43.4 Å². The molecule has 4 rings (SSSR count). The van der Waals surface area contributed by atoms with Gasteiger partial charge in [0, 0.05) is 18.3 Å². The Morgan fingerprint density at radius 2 is 1.76 bits per heavy atom. The molecule has 29 heavy (non-hydrogen) atoms. The predicted molar refractivity (Wildman–Crippen MR) is 120 cm³/mol. The van der Waals surface area contributed by atoms with E-state index in [4.69, 9.17) is 9.47 Å². The molecule has 1 heterocycles. The first kappa shape index (κ1) is 19.4. The molecule has 1 N–H and O–H groups in total. The molecule has 0 unspecified atom stereocenters. The van der Waals surface area contributed by atoms with Crippen LogP contribution < -0.4 is 14.8 Å². The van der Waals surface area contributed by atoms with Gasteiger partial charge >= 0.3 is 0 Å². The molecule has 0 amide bonds. The van der Waals surface area contributed by atoms with Crippen molar-refractivity contribution < 1.29 is 9.47 Å². The number of rotatable bonds is 8. The SMILES string of the molecule is COc1ccc(CCNCc2ncc(-c3cccc4ccccc34)s2)cc1OC. The van der Waals surface area contributed by atoms with Crippen molar-refractivity contribution in [2.45, 2.75) is 13.0 Å². The number of benzene rings is 3. The second kappa shape index (κ2) is 9.07. The van der Waals surface area contributed by atoms with Crippen LogP contribution in [0, 0.1) is 0 Å². The van der Waals surface area contributed by atoms with Crippen molar-refractivity contribution in [3.8, 4) is 21.9 Å². The van der Waals surface area contributed by atoms with Crippen molar-refractivity contribution in [1.82, 2.24) is 10.3 Å². The lowest BCUT2D eigenvalue weighted by molar-refractivity contribution is 0.354. The van der Waals surface area contributed by atoms with Crippen molar-refractivity contribution in [1.29, 1.82) is 0 Å². The third-order valence-corrected chi connectivity index (χ3v) is 5.95. The average molecular weight is 405 g/mol. The average Bonchev–Trinajstić information content (AvgIpc) is 3.25. The number of nitrogens with zero attached hydrogens (tertiary/aromatic N) is 1. The second-order valence-corrected chi connectivity index (χ2v) is 7.88. The molecule has 0 saturated heterocycles. The molecular formula is C24H24N2O2S. The minimum Gasteiger partial charge on any atom is -0.493 e. The van der Waals surface area contributed by atoms with Gasteiger partial charge in [-0.05, 0) is 41.4 Å². The summed E-state index contributed by atoms with van der Waals surface area (Å²) >= 11 is 1.75. The molecule has 0 aliphatic rings. The molecule has 0 atom stereocenters. The van der Waals surface area contributed by atoms with Gasteiger partial charge in [0.1, 0.15) is 5.01 Å². The highest BCUT2D eigenvalue weighted by Crippen LogP contribution is 2.32. The maximum Gasteiger partial charge on any atom is 0.160 e. The van der Waals surface area contributed by atoms with Gasteiger partial charge in [-0.1, -0.05) is 48.5 Å². The number of ether oxygens (including phenoxy) is 2. The number of methoxy groups -OCH3 is 2. The summed E-state index contributed by atoms with van der Waals surface area (Å²) in [6.07, 6.45) is 2.90. The lowest BCUT2D eigenvalue weighted by Gasteiger charge is -2.09. The molecule has 5 heteroatoms. The van der Waals surface area contributed by atoms with E-state index in [9.17, 15) is 0 Å². The monoisotopic (exact) mass is 404 g/mol. The molecule has 0 spiro atoms. The van der Waals surface area contributed by atoms with Crippen LogP contribution in [0.25, 0.3) is 21.2 Å². The lowest BCUT2D eigenvalue weighted by Crippen LogP contribution is -2.16. The molecule has 0 bridgehead atoms. The van der Waals surface area contributed by atoms with E-state index in [0.717, 1.165) is 36.0 Å². The van der Waals surface area contributed by atoms with Crippen molar-refractivity contribution in [3.63, 3.8) is 0 Å². The highest BCUT2D eigenvalue weighted by atomic mass is 32.1. The third-order valence-electron chi connectivity index (χ3n) is 4.92. The molecule has 4 nitrogen and oxygen atoms in total. The molecule has 3 aromatic carbocycles. The molecule has 0 aliphatic carbocycles. The molecule has 0 saturated carbocycles. The van der Waals surface area contributed by atoms with E-state index < -0.39 is 0 Å². The fraction of sp³-hybridized carbons (Fsp3) is 0.208. The first-order chi connectivity index (χ1) is 14.3. The normalized spacial score (nSPS) is 11.0. The highest BCUT2D eigenvalue weighted by molar-refractivity contribution is 7.15. The quantitative estimate of drug-likeness (QED) is 0.404. The summed E-state index contributed by atoms with van der Waals surface area (Å²) < 4.78 is 10.7. The van der Waals surface area contributed by atoms with Crippen LogP contribution in [0.1, 0.15) is 10.6 Å². The van der Waals surface area contributed by atoms with Gasteiger partial charge in [0.25, 0.3) is 0 Å². The molecule has 0 radical (unpaired) electrons. The van der Waals surface area contributed by atoms with Gasteiger partial charge in [-0.2, -0.15) is 0 Å². The van der Waals surface area contributed by atoms with Crippen molar-refractivity contribution in [2.75, 3.05) is 20.8 Å². The van der Waals surface area contributed by atoms with Crippen LogP contribution >= 0.6 is 11.3 Å². The van der Waals surface area contributed by atoms with Crippen LogP contribution in [-0.4, -0.2) is 25.7 Å². The number of thiazole rings is 1. The van der Waals surface area contributed by atoms with E-state index in [0.29, 0.717) is 0 Å². The van der Waals surface area contributed by atoms with Gasteiger partial charge in [-0.15, -0.1) is 11.3 Å². The molecular weight excluding hydrogens is 380 g/mol. The number of nitrogens with one attached hydrogen (secondary N) is 1. The summed E-state index contributed by atoms with van der Waals surface area (Å²) in [5.41, 5.74) is 2.46. The summed E-state index contributed by atoms with van der Waals surface area (Å²) in [4.78, 5) is 5.82. The Morgan fingerprint density at radius 1 is 0.931 bits per heavy atom. The lowest BCUT2D eigenvalue weighted by atomic mass is 10.0. The zero-order valence-electron chi connectivity index (χ0n) is 16.6. The van der Waals surface area contributed by atoms with Gasteiger partial charge in [0.2, 0.25) is 0 Å².